The quantitative estimate of drug-likeness (QED) is 0.818. The van der Waals surface area contributed by atoms with Crippen molar-refractivity contribution in [2.45, 2.75) is 12.8 Å². The molecule has 1 aliphatic rings. The minimum Gasteiger partial charge on any atom is -0.331 e. The van der Waals surface area contributed by atoms with Gasteiger partial charge in [0, 0.05) is 19.7 Å². The van der Waals surface area contributed by atoms with Crippen LogP contribution in [0.15, 0.2) is 18.5 Å². The summed E-state index contributed by atoms with van der Waals surface area (Å²) < 4.78 is 2.19. The lowest BCUT2D eigenvalue weighted by Crippen LogP contribution is -2.12. The Hall–Kier alpha value is -1.42. The number of nitrogens with zero attached hydrogens (tertiary/aromatic N) is 3. The lowest BCUT2D eigenvalue weighted by atomic mass is 10.0. The van der Waals surface area contributed by atoms with Gasteiger partial charge in [-0.3, -0.25) is 4.98 Å². The van der Waals surface area contributed by atoms with Crippen LogP contribution >= 0.6 is 0 Å². The molecule has 1 aliphatic heterocycles. The van der Waals surface area contributed by atoms with Gasteiger partial charge in [0.1, 0.15) is 11.3 Å². The van der Waals surface area contributed by atoms with E-state index in [2.05, 4.69) is 26.9 Å². The molecule has 1 atom stereocenters. The van der Waals surface area contributed by atoms with Crippen LogP contribution in [0.5, 0.6) is 0 Å². The van der Waals surface area contributed by atoms with Crippen LogP contribution in [0.3, 0.4) is 0 Å². The number of pyridine rings is 1. The molecule has 0 aromatic carbocycles. The molecule has 0 saturated carbocycles. The number of nitrogens with one attached hydrogen (secondary N) is 1. The Morgan fingerprint density at radius 2 is 2.50 bits per heavy atom. The third kappa shape index (κ3) is 1.59. The van der Waals surface area contributed by atoms with Gasteiger partial charge in [-0.15, -0.1) is 0 Å². The summed E-state index contributed by atoms with van der Waals surface area (Å²) in [5.41, 5.74) is 2.18. The van der Waals surface area contributed by atoms with Crippen molar-refractivity contribution in [3.05, 3.63) is 24.3 Å². The second kappa shape index (κ2) is 3.87. The van der Waals surface area contributed by atoms with Crippen LogP contribution in [-0.4, -0.2) is 27.6 Å². The molecule has 1 fully saturated rings. The van der Waals surface area contributed by atoms with Crippen LogP contribution in [0.4, 0.5) is 0 Å². The third-order valence-corrected chi connectivity index (χ3v) is 3.41. The largest absolute Gasteiger partial charge is 0.331 e. The molecule has 2 aromatic rings. The van der Waals surface area contributed by atoms with Gasteiger partial charge in [0.25, 0.3) is 0 Å². The van der Waals surface area contributed by atoms with Crippen molar-refractivity contribution in [2.75, 3.05) is 13.1 Å². The smallest absolute Gasteiger partial charge is 0.109 e. The predicted molar refractivity (Wildman–Crippen MR) is 63.2 cm³/mol. The van der Waals surface area contributed by atoms with Crippen molar-refractivity contribution in [1.29, 1.82) is 0 Å². The summed E-state index contributed by atoms with van der Waals surface area (Å²) in [7, 11) is 2.09. The molecule has 0 bridgehead atoms. The van der Waals surface area contributed by atoms with E-state index in [1.807, 2.05) is 18.5 Å². The van der Waals surface area contributed by atoms with E-state index in [-0.39, 0.29) is 0 Å². The standard InChI is InChI=1S/C12H16N4/c1-16-11-3-5-14-8-10(11)15-12(16)6-9-2-4-13-7-9/h3,5,8-9,13H,2,4,6-7H2,1H3. The molecule has 0 aliphatic carbocycles. The molecule has 3 heterocycles. The zero-order valence-electron chi connectivity index (χ0n) is 9.48. The Kier molecular flexibility index (Phi) is 2.36. The monoisotopic (exact) mass is 216 g/mol. The molecule has 4 heteroatoms. The Morgan fingerprint density at radius 3 is 3.25 bits per heavy atom. The van der Waals surface area contributed by atoms with Crippen molar-refractivity contribution in [1.82, 2.24) is 19.9 Å². The molecule has 0 spiro atoms. The van der Waals surface area contributed by atoms with E-state index in [4.69, 9.17) is 0 Å². The number of rotatable bonds is 2. The van der Waals surface area contributed by atoms with Crippen molar-refractivity contribution in [3.8, 4) is 0 Å². The minimum atomic E-state index is 0.739. The van der Waals surface area contributed by atoms with E-state index >= 15 is 0 Å². The third-order valence-electron chi connectivity index (χ3n) is 3.41. The molecule has 84 valence electrons. The van der Waals surface area contributed by atoms with Gasteiger partial charge in [-0.25, -0.2) is 4.98 Å². The number of aryl methyl sites for hydroxylation is 1. The average Bonchev–Trinajstić information content (AvgIpc) is 2.90. The summed E-state index contributed by atoms with van der Waals surface area (Å²) in [5.74, 6) is 1.92. The zero-order valence-corrected chi connectivity index (χ0v) is 9.48. The number of hydrogen-bond donors (Lipinski definition) is 1. The summed E-state index contributed by atoms with van der Waals surface area (Å²) in [6.07, 6.45) is 6.00. The van der Waals surface area contributed by atoms with Crippen molar-refractivity contribution < 1.29 is 0 Å². The first-order valence-corrected chi connectivity index (χ1v) is 5.80. The van der Waals surface area contributed by atoms with E-state index in [1.165, 1.54) is 17.8 Å². The van der Waals surface area contributed by atoms with Gasteiger partial charge in [-0.2, -0.15) is 0 Å². The Morgan fingerprint density at radius 1 is 1.56 bits per heavy atom. The van der Waals surface area contributed by atoms with Gasteiger partial charge in [0.05, 0.1) is 11.7 Å². The predicted octanol–water partition coefficient (Wildman–Crippen LogP) is 1.12. The van der Waals surface area contributed by atoms with E-state index in [0.717, 1.165) is 30.9 Å². The van der Waals surface area contributed by atoms with Crippen molar-refractivity contribution >= 4 is 11.0 Å². The lowest BCUT2D eigenvalue weighted by molar-refractivity contribution is 0.552. The molecule has 4 nitrogen and oxygen atoms in total. The molecular weight excluding hydrogens is 200 g/mol. The maximum absolute atomic E-state index is 4.65. The van der Waals surface area contributed by atoms with Gasteiger partial charge in [0.2, 0.25) is 0 Å². The highest BCUT2D eigenvalue weighted by molar-refractivity contribution is 5.74. The van der Waals surface area contributed by atoms with Gasteiger partial charge in [0.15, 0.2) is 0 Å². The van der Waals surface area contributed by atoms with Crippen LogP contribution in [0.1, 0.15) is 12.2 Å². The van der Waals surface area contributed by atoms with Gasteiger partial charge < -0.3 is 9.88 Å². The van der Waals surface area contributed by atoms with Crippen LogP contribution < -0.4 is 5.32 Å². The van der Waals surface area contributed by atoms with E-state index in [0.29, 0.717) is 0 Å². The molecule has 0 radical (unpaired) electrons. The molecule has 1 saturated heterocycles. The van der Waals surface area contributed by atoms with Crippen LogP contribution in [0.2, 0.25) is 0 Å². The Bertz CT molecular complexity index is 497. The number of aromatic nitrogens is 3. The topological polar surface area (TPSA) is 42.7 Å². The lowest BCUT2D eigenvalue weighted by Gasteiger charge is -2.07. The second-order valence-corrected chi connectivity index (χ2v) is 4.51. The molecule has 1 unspecified atom stereocenters. The Labute approximate surface area is 94.7 Å². The molecular formula is C12H16N4. The van der Waals surface area contributed by atoms with Crippen LogP contribution in [0, 0.1) is 5.92 Å². The van der Waals surface area contributed by atoms with Crippen LogP contribution in [-0.2, 0) is 13.5 Å². The van der Waals surface area contributed by atoms with Gasteiger partial charge in [-0.05, 0) is 31.5 Å². The maximum Gasteiger partial charge on any atom is 0.109 e. The number of fused-ring (bicyclic) bond motifs is 1. The first kappa shape index (κ1) is 9.78. The summed E-state index contributed by atoms with van der Waals surface area (Å²) in [4.78, 5) is 8.76. The SMILES string of the molecule is Cn1c(CC2CCNC2)nc2cnccc21. The molecule has 1 N–H and O–H groups in total. The van der Waals surface area contributed by atoms with Gasteiger partial charge >= 0.3 is 0 Å². The maximum atomic E-state index is 4.65. The van der Waals surface area contributed by atoms with E-state index < -0.39 is 0 Å². The van der Waals surface area contributed by atoms with E-state index in [1.54, 1.807) is 0 Å². The van der Waals surface area contributed by atoms with Crippen molar-refractivity contribution in [2.24, 2.45) is 13.0 Å². The number of hydrogen-bond acceptors (Lipinski definition) is 3. The second-order valence-electron chi connectivity index (χ2n) is 4.51. The average molecular weight is 216 g/mol. The summed E-state index contributed by atoms with van der Waals surface area (Å²) in [6, 6.07) is 2.03. The van der Waals surface area contributed by atoms with Crippen LogP contribution in [0.25, 0.3) is 11.0 Å². The normalized spacial score (nSPS) is 20.7. The summed E-state index contributed by atoms with van der Waals surface area (Å²) >= 11 is 0. The fraction of sp³-hybridized carbons (Fsp3) is 0.500. The highest BCUT2D eigenvalue weighted by atomic mass is 15.1. The fourth-order valence-corrected chi connectivity index (χ4v) is 2.43. The molecule has 0 amide bonds. The summed E-state index contributed by atoms with van der Waals surface area (Å²) in [6.45, 7) is 2.28. The van der Waals surface area contributed by atoms with E-state index in [9.17, 15) is 0 Å². The molecule has 16 heavy (non-hydrogen) atoms. The Balaban J connectivity index is 1.94. The fourth-order valence-electron chi connectivity index (χ4n) is 2.43. The highest BCUT2D eigenvalue weighted by Crippen LogP contribution is 2.18. The van der Waals surface area contributed by atoms with Gasteiger partial charge in [-0.1, -0.05) is 0 Å². The minimum absolute atomic E-state index is 0.739. The molecule has 3 rings (SSSR count). The van der Waals surface area contributed by atoms with Crippen molar-refractivity contribution in [3.63, 3.8) is 0 Å². The first-order valence-electron chi connectivity index (χ1n) is 5.80. The number of imidazole rings is 1. The summed E-state index contributed by atoms with van der Waals surface area (Å²) in [5, 5.41) is 3.40. The zero-order chi connectivity index (χ0) is 11.0. The molecule has 2 aromatic heterocycles. The highest BCUT2D eigenvalue weighted by Gasteiger charge is 2.18. The first-order chi connectivity index (χ1) is 7.84.